The lowest BCUT2D eigenvalue weighted by atomic mass is 10.1. The van der Waals surface area contributed by atoms with Gasteiger partial charge in [-0.2, -0.15) is 0 Å². The molecule has 0 saturated heterocycles. The number of hydrogen-bond donors (Lipinski definition) is 0. The fourth-order valence-electron chi connectivity index (χ4n) is 1.39. The zero-order valence-corrected chi connectivity index (χ0v) is 10.7. The van der Waals surface area contributed by atoms with Gasteiger partial charge in [-0.3, -0.25) is 4.79 Å². The minimum Gasteiger partial charge on any atom is -0.490 e. The second-order valence-corrected chi connectivity index (χ2v) is 4.05. The van der Waals surface area contributed by atoms with Crippen molar-refractivity contribution in [2.24, 2.45) is 5.92 Å². The van der Waals surface area contributed by atoms with Crippen LogP contribution in [0.3, 0.4) is 0 Å². The molecule has 0 bridgehead atoms. The lowest BCUT2D eigenvalue weighted by Crippen LogP contribution is -2.09. The maximum atomic E-state index is 11.0. The number of rotatable bonds is 7. The number of aldehydes is 1. The molecule has 0 fully saturated rings. The van der Waals surface area contributed by atoms with Gasteiger partial charge in [-0.05, 0) is 25.0 Å². The molecule has 0 aliphatic rings. The Balaban J connectivity index is 2.88. The van der Waals surface area contributed by atoms with Crippen LogP contribution >= 0.6 is 0 Å². The average molecular weight is 236 g/mol. The van der Waals surface area contributed by atoms with Crippen molar-refractivity contribution in [3.8, 4) is 11.5 Å². The molecule has 0 spiro atoms. The SMILES string of the molecule is CCOc1cccc(C=O)c1OCC(C)CC. The summed E-state index contributed by atoms with van der Waals surface area (Å²) in [5.74, 6) is 1.66. The quantitative estimate of drug-likeness (QED) is 0.681. The molecule has 0 aliphatic carbocycles. The summed E-state index contributed by atoms with van der Waals surface area (Å²) in [6.45, 7) is 7.29. The van der Waals surface area contributed by atoms with Crippen molar-refractivity contribution in [2.45, 2.75) is 27.2 Å². The molecule has 0 aromatic heterocycles. The van der Waals surface area contributed by atoms with Crippen LogP contribution in [0.5, 0.6) is 11.5 Å². The third-order valence-corrected chi connectivity index (χ3v) is 2.65. The van der Waals surface area contributed by atoms with E-state index in [1.54, 1.807) is 12.1 Å². The fraction of sp³-hybridized carbons (Fsp3) is 0.500. The highest BCUT2D eigenvalue weighted by molar-refractivity contribution is 5.81. The number of carbonyl (C=O) groups is 1. The van der Waals surface area contributed by atoms with E-state index >= 15 is 0 Å². The molecule has 0 amide bonds. The minimum atomic E-state index is 0.462. The Kier molecular flexibility index (Phi) is 5.53. The Morgan fingerprint density at radius 2 is 2.06 bits per heavy atom. The van der Waals surface area contributed by atoms with Crippen LogP contribution in [-0.2, 0) is 0 Å². The van der Waals surface area contributed by atoms with Gasteiger partial charge >= 0.3 is 0 Å². The van der Waals surface area contributed by atoms with Gasteiger partial charge in [0.25, 0.3) is 0 Å². The Bertz CT molecular complexity index is 360. The van der Waals surface area contributed by atoms with Crippen LogP contribution in [0.15, 0.2) is 18.2 Å². The lowest BCUT2D eigenvalue weighted by molar-refractivity contribution is 0.111. The first-order chi connectivity index (χ1) is 8.22. The van der Waals surface area contributed by atoms with E-state index in [2.05, 4.69) is 13.8 Å². The summed E-state index contributed by atoms with van der Waals surface area (Å²) in [4.78, 5) is 11.0. The molecule has 3 heteroatoms. The summed E-state index contributed by atoms with van der Waals surface area (Å²) in [5.41, 5.74) is 0.541. The zero-order chi connectivity index (χ0) is 12.7. The monoisotopic (exact) mass is 236 g/mol. The van der Waals surface area contributed by atoms with Crippen molar-refractivity contribution in [1.29, 1.82) is 0 Å². The van der Waals surface area contributed by atoms with Crippen LogP contribution in [0.2, 0.25) is 0 Å². The highest BCUT2D eigenvalue weighted by atomic mass is 16.5. The van der Waals surface area contributed by atoms with Crippen LogP contribution in [0, 0.1) is 5.92 Å². The molecule has 1 atom stereocenters. The van der Waals surface area contributed by atoms with Gasteiger partial charge in [0, 0.05) is 0 Å². The van der Waals surface area contributed by atoms with Gasteiger partial charge in [0.1, 0.15) is 0 Å². The van der Waals surface area contributed by atoms with E-state index in [0.717, 1.165) is 12.7 Å². The standard InChI is InChI=1S/C14H20O3/c1-4-11(3)10-17-14-12(9-15)7-6-8-13(14)16-5-2/h6-9,11H,4-5,10H2,1-3H3. The van der Waals surface area contributed by atoms with Crippen LogP contribution < -0.4 is 9.47 Å². The molecule has 1 aromatic carbocycles. The van der Waals surface area contributed by atoms with E-state index in [0.29, 0.717) is 36.2 Å². The molecule has 1 aromatic rings. The molecule has 0 heterocycles. The summed E-state index contributed by atoms with van der Waals surface area (Å²) in [7, 11) is 0. The number of para-hydroxylation sites is 1. The molecule has 1 rings (SSSR count). The maximum absolute atomic E-state index is 11.0. The predicted octanol–water partition coefficient (Wildman–Crippen LogP) is 3.32. The first-order valence-electron chi connectivity index (χ1n) is 6.06. The Morgan fingerprint density at radius 1 is 1.29 bits per heavy atom. The van der Waals surface area contributed by atoms with E-state index < -0.39 is 0 Å². The Hall–Kier alpha value is -1.51. The highest BCUT2D eigenvalue weighted by Crippen LogP contribution is 2.30. The third-order valence-electron chi connectivity index (χ3n) is 2.65. The van der Waals surface area contributed by atoms with Crippen molar-refractivity contribution in [3.05, 3.63) is 23.8 Å². The van der Waals surface area contributed by atoms with Crippen LogP contribution in [0.1, 0.15) is 37.6 Å². The molecular formula is C14H20O3. The molecule has 94 valence electrons. The third kappa shape index (κ3) is 3.77. The van der Waals surface area contributed by atoms with Crippen molar-refractivity contribution < 1.29 is 14.3 Å². The zero-order valence-electron chi connectivity index (χ0n) is 10.7. The molecule has 1 unspecified atom stereocenters. The minimum absolute atomic E-state index is 0.462. The number of ether oxygens (including phenoxy) is 2. The van der Waals surface area contributed by atoms with Gasteiger partial charge in [-0.1, -0.05) is 26.3 Å². The van der Waals surface area contributed by atoms with Crippen molar-refractivity contribution in [2.75, 3.05) is 13.2 Å². The van der Waals surface area contributed by atoms with Gasteiger partial charge in [-0.15, -0.1) is 0 Å². The highest BCUT2D eigenvalue weighted by Gasteiger charge is 2.11. The first-order valence-corrected chi connectivity index (χ1v) is 6.06. The molecule has 0 saturated carbocycles. The van der Waals surface area contributed by atoms with Crippen LogP contribution in [-0.4, -0.2) is 19.5 Å². The molecular weight excluding hydrogens is 216 g/mol. The lowest BCUT2D eigenvalue weighted by Gasteiger charge is -2.15. The predicted molar refractivity (Wildman–Crippen MR) is 67.9 cm³/mol. The average Bonchev–Trinajstić information content (AvgIpc) is 2.36. The van der Waals surface area contributed by atoms with Crippen molar-refractivity contribution in [3.63, 3.8) is 0 Å². The normalized spacial score (nSPS) is 11.9. The van der Waals surface area contributed by atoms with Crippen molar-refractivity contribution >= 4 is 6.29 Å². The number of hydrogen-bond acceptors (Lipinski definition) is 3. The van der Waals surface area contributed by atoms with E-state index in [1.165, 1.54) is 0 Å². The van der Waals surface area contributed by atoms with E-state index in [9.17, 15) is 4.79 Å². The fourth-order valence-corrected chi connectivity index (χ4v) is 1.39. The second-order valence-electron chi connectivity index (χ2n) is 4.05. The maximum Gasteiger partial charge on any atom is 0.171 e. The summed E-state index contributed by atoms with van der Waals surface area (Å²) in [6.07, 6.45) is 1.85. The number of benzene rings is 1. The number of carbonyl (C=O) groups excluding carboxylic acids is 1. The molecule has 0 N–H and O–H groups in total. The van der Waals surface area contributed by atoms with Crippen LogP contribution in [0.25, 0.3) is 0 Å². The smallest absolute Gasteiger partial charge is 0.171 e. The molecule has 17 heavy (non-hydrogen) atoms. The first kappa shape index (κ1) is 13.6. The summed E-state index contributed by atoms with van der Waals surface area (Å²) in [5, 5.41) is 0. The largest absolute Gasteiger partial charge is 0.490 e. The topological polar surface area (TPSA) is 35.5 Å². The molecule has 0 aliphatic heterocycles. The van der Waals surface area contributed by atoms with E-state index in [4.69, 9.17) is 9.47 Å². The molecule has 0 radical (unpaired) electrons. The Morgan fingerprint density at radius 3 is 2.65 bits per heavy atom. The molecule has 3 nitrogen and oxygen atoms in total. The summed E-state index contributed by atoms with van der Waals surface area (Å²) < 4.78 is 11.2. The second kappa shape index (κ2) is 6.94. The van der Waals surface area contributed by atoms with E-state index in [1.807, 2.05) is 13.0 Å². The van der Waals surface area contributed by atoms with Crippen LogP contribution in [0.4, 0.5) is 0 Å². The van der Waals surface area contributed by atoms with Gasteiger partial charge in [-0.25, -0.2) is 0 Å². The van der Waals surface area contributed by atoms with Crippen molar-refractivity contribution in [1.82, 2.24) is 0 Å². The van der Waals surface area contributed by atoms with Gasteiger partial charge < -0.3 is 9.47 Å². The summed E-state index contributed by atoms with van der Waals surface area (Å²) >= 11 is 0. The van der Waals surface area contributed by atoms with Gasteiger partial charge in [0.05, 0.1) is 18.8 Å². The Labute approximate surface area is 103 Å². The van der Waals surface area contributed by atoms with Gasteiger partial charge in [0.15, 0.2) is 17.8 Å². The van der Waals surface area contributed by atoms with E-state index in [-0.39, 0.29) is 0 Å². The summed E-state index contributed by atoms with van der Waals surface area (Å²) in [6, 6.07) is 5.36. The van der Waals surface area contributed by atoms with Gasteiger partial charge in [0.2, 0.25) is 0 Å².